The highest BCUT2D eigenvalue weighted by atomic mass is 19.3. The summed E-state index contributed by atoms with van der Waals surface area (Å²) in [5.74, 6) is 0.688. The maximum absolute atomic E-state index is 11.9. The number of alkyl halides is 2. The van der Waals surface area contributed by atoms with E-state index in [-0.39, 0.29) is 11.5 Å². The number of halogens is 2. The van der Waals surface area contributed by atoms with Crippen LogP contribution in [0.2, 0.25) is 0 Å². The number of benzene rings is 1. The molecule has 0 heterocycles. The molecule has 0 aliphatic heterocycles. The Labute approximate surface area is 92.2 Å². The van der Waals surface area contributed by atoms with E-state index in [0.717, 1.165) is 12.8 Å². The lowest BCUT2D eigenvalue weighted by atomic mass is 10.1. The number of Topliss-reactive ketones (excluding diaryl/α,β-unsaturated/α-hetero) is 1. The Kier molecular flexibility index (Phi) is 3.17. The molecule has 86 valence electrons. The van der Waals surface area contributed by atoms with Crippen molar-refractivity contribution < 1.29 is 18.3 Å². The van der Waals surface area contributed by atoms with Crippen molar-refractivity contribution in [1.29, 1.82) is 0 Å². The molecule has 16 heavy (non-hydrogen) atoms. The number of rotatable bonds is 5. The fraction of sp³-hybridized carbons (Fsp3) is 0.417. The van der Waals surface area contributed by atoms with Gasteiger partial charge >= 0.3 is 6.61 Å². The summed E-state index contributed by atoms with van der Waals surface area (Å²) in [7, 11) is 0. The van der Waals surface area contributed by atoms with Crippen molar-refractivity contribution in [1.82, 2.24) is 0 Å². The Morgan fingerprint density at radius 1 is 1.31 bits per heavy atom. The molecule has 2 nitrogen and oxygen atoms in total. The minimum Gasteiger partial charge on any atom is -0.435 e. The number of carbonyl (C=O) groups is 1. The molecule has 4 heteroatoms. The van der Waals surface area contributed by atoms with Crippen LogP contribution in [0.25, 0.3) is 0 Å². The van der Waals surface area contributed by atoms with Gasteiger partial charge in [0.05, 0.1) is 0 Å². The summed E-state index contributed by atoms with van der Waals surface area (Å²) in [6.07, 6.45) is 2.81. The minimum atomic E-state index is -2.83. The molecular formula is C12H12F2O2. The van der Waals surface area contributed by atoms with Gasteiger partial charge in [-0.15, -0.1) is 0 Å². The van der Waals surface area contributed by atoms with Crippen LogP contribution in [0.15, 0.2) is 24.3 Å². The maximum Gasteiger partial charge on any atom is 0.387 e. The Balaban J connectivity index is 1.97. The summed E-state index contributed by atoms with van der Waals surface area (Å²) in [6.45, 7) is -2.83. The first-order chi connectivity index (χ1) is 7.65. The lowest BCUT2D eigenvalue weighted by Crippen LogP contribution is -2.03. The van der Waals surface area contributed by atoms with Crippen molar-refractivity contribution >= 4 is 5.78 Å². The van der Waals surface area contributed by atoms with Crippen LogP contribution in [0.5, 0.6) is 5.75 Å². The van der Waals surface area contributed by atoms with Crippen LogP contribution in [-0.2, 0) is 0 Å². The second kappa shape index (κ2) is 4.60. The summed E-state index contributed by atoms with van der Waals surface area (Å²) in [5, 5.41) is 0. The molecule has 1 aliphatic carbocycles. The van der Waals surface area contributed by atoms with E-state index >= 15 is 0 Å². The van der Waals surface area contributed by atoms with Gasteiger partial charge in [0.15, 0.2) is 5.78 Å². The molecular weight excluding hydrogens is 214 g/mol. The van der Waals surface area contributed by atoms with E-state index in [2.05, 4.69) is 4.74 Å². The molecule has 0 saturated heterocycles. The lowest BCUT2D eigenvalue weighted by molar-refractivity contribution is -0.0498. The average molecular weight is 226 g/mol. The highest BCUT2D eigenvalue weighted by Gasteiger charge is 2.24. The van der Waals surface area contributed by atoms with Crippen LogP contribution in [0.4, 0.5) is 8.78 Å². The number of ketones is 1. The molecule has 1 aromatic carbocycles. The van der Waals surface area contributed by atoms with Gasteiger partial charge in [-0.3, -0.25) is 4.79 Å². The Morgan fingerprint density at radius 3 is 2.44 bits per heavy atom. The number of hydrogen-bond acceptors (Lipinski definition) is 2. The predicted molar refractivity (Wildman–Crippen MR) is 54.7 cm³/mol. The monoisotopic (exact) mass is 226 g/mol. The second-order valence-electron chi connectivity index (χ2n) is 3.97. The van der Waals surface area contributed by atoms with E-state index in [9.17, 15) is 13.6 Å². The van der Waals surface area contributed by atoms with Crippen LogP contribution in [-0.4, -0.2) is 12.4 Å². The highest BCUT2D eigenvalue weighted by Crippen LogP contribution is 2.33. The lowest BCUT2D eigenvalue weighted by Gasteiger charge is -2.05. The van der Waals surface area contributed by atoms with Crippen molar-refractivity contribution in [2.24, 2.45) is 5.92 Å². The Hall–Kier alpha value is -1.45. The number of ether oxygens (including phenoxy) is 1. The first-order valence-electron chi connectivity index (χ1n) is 5.23. The van der Waals surface area contributed by atoms with Gasteiger partial charge in [0, 0.05) is 12.0 Å². The molecule has 0 unspecified atom stereocenters. The topological polar surface area (TPSA) is 26.3 Å². The van der Waals surface area contributed by atoms with Crippen LogP contribution >= 0.6 is 0 Å². The molecule has 0 radical (unpaired) electrons. The molecule has 0 amide bonds. The predicted octanol–water partition coefficient (Wildman–Crippen LogP) is 3.27. The fourth-order valence-corrected chi connectivity index (χ4v) is 1.52. The van der Waals surface area contributed by atoms with Crippen LogP contribution < -0.4 is 4.74 Å². The Bertz CT molecular complexity index is 369. The zero-order chi connectivity index (χ0) is 11.5. The van der Waals surface area contributed by atoms with Gasteiger partial charge in [-0.2, -0.15) is 8.78 Å². The first kappa shape index (κ1) is 11.0. The zero-order valence-corrected chi connectivity index (χ0v) is 8.66. The SMILES string of the molecule is O=C(CC1CC1)c1ccc(OC(F)F)cc1. The standard InChI is InChI=1S/C12H12F2O2/c13-12(14)16-10-5-3-9(4-6-10)11(15)7-8-1-2-8/h3-6,8,12H,1-2,7H2. The smallest absolute Gasteiger partial charge is 0.387 e. The molecule has 1 saturated carbocycles. The van der Waals surface area contributed by atoms with Gasteiger partial charge in [-0.1, -0.05) is 0 Å². The van der Waals surface area contributed by atoms with Crippen molar-refractivity contribution in [3.8, 4) is 5.75 Å². The van der Waals surface area contributed by atoms with E-state index < -0.39 is 6.61 Å². The quantitative estimate of drug-likeness (QED) is 0.720. The average Bonchev–Trinajstić information content (AvgIpc) is 3.01. The normalized spacial score (nSPS) is 15.2. The summed E-state index contributed by atoms with van der Waals surface area (Å²) < 4.78 is 27.9. The van der Waals surface area contributed by atoms with E-state index in [1.807, 2.05) is 0 Å². The Morgan fingerprint density at radius 2 is 1.94 bits per heavy atom. The van der Waals surface area contributed by atoms with E-state index in [1.165, 1.54) is 24.3 Å². The van der Waals surface area contributed by atoms with E-state index in [4.69, 9.17) is 0 Å². The van der Waals surface area contributed by atoms with Gasteiger partial charge < -0.3 is 4.74 Å². The maximum atomic E-state index is 11.9. The third-order valence-corrected chi connectivity index (χ3v) is 2.57. The third-order valence-electron chi connectivity index (χ3n) is 2.57. The van der Waals surface area contributed by atoms with Gasteiger partial charge in [0.1, 0.15) is 5.75 Å². The minimum absolute atomic E-state index is 0.0751. The van der Waals surface area contributed by atoms with Gasteiger partial charge in [-0.05, 0) is 43.0 Å². The van der Waals surface area contributed by atoms with E-state index in [0.29, 0.717) is 17.9 Å². The summed E-state index contributed by atoms with van der Waals surface area (Å²) >= 11 is 0. The molecule has 1 fully saturated rings. The van der Waals surface area contributed by atoms with Crippen LogP contribution in [0, 0.1) is 5.92 Å². The van der Waals surface area contributed by atoms with Crippen molar-refractivity contribution in [2.75, 3.05) is 0 Å². The van der Waals surface area contributed by atoms with Crippen LogP contribution in [0.3, 0.4) is 0 Å². The second-order valence-corrected chi connectivity index (χ2v) is 3.97. The fourth-order valence-electron chi connectivity index (χ4n) is 1.52. The van der Waals surface area contributed by atoms with Gasteiger partial charge in [-0.25, -0.2) is 0 Å². The molecule has 1 aliphatic rings. The van der Waals surface area contributed by atoms with Crippen molar-refractivity contribution in [3.63, 3.8) is 0 Å². The summed E-state index contributed by atoms with van der Waals surface area (Å²) in [6, 6.07) is 5.85. The zero-order valence-electron chi connectivity index (χ0n) is 8.66. The molecule has 0 N–H and O–H groups in total. The molecule has 0 bridgehead atoms. The van der Waals surface area contributed by atoms with Crippen molar-refractivity contribution in [3.05, 3.63) is 29.8 Å². The summed E-state index contributed by atoms with van der Waals surface area (Å²) in [5.41, 5.74) is 0.563. The van der Waals surface area contributed by atoms with Crippen molar-refractivity contribution in [2.45, 2.75) is 25.9 Å². The molecule has 1 aromatic rings. The largest absolute Gasteiger partial charge is 0.435 e. The number of hydrogen-bond donors (Lipinski definition) is 0. The molecule has 2 rings (SSSR count). The third kappa shape index (κ3) is 3.02. The van der Waals surface area contributed by atoms with Gasteiger partial charge in [0.25, 0.3) is 0 Å². The van der Waals surface area contributed by atoms with Crippen LogP contribution in [0.1, 0.15) is 29.6 Å². The molecule has 0 spiro atoms. The molecule has 0 aromatic heterocycles. The van der Waals surface area contributed by atoms with Gasteiger partial charge in [0.2, 0.25) is 0 Å². The summed E-state index contributed by atoms with van der Waals surface area (Å²) in [4.78, 5) is 11.6. The highest BCUT2D eigenvalue weighted by molar-refractivity contribution is 5.96. The number of carbonyl (C=O) groups excluding carboxylic acids is 1. The van der Waals surface area contributed by atoms with E-state index in [1.54, 1.807) is 0 Å². The molecule has 0 atom stereocenters. The first-order valence-corrected chi connectivity index (χ1v) is 5.23.